The highest BCUT2D eigenvalue weighted by Gasteiger charge is 2.57. The predicted octanol–water partition coefficient (Wildman–Crippen LogP) is 6.13. The Morgan fingerprint density at radius 3 is 2.38 bits per heavy atom. The quantitative estimate of drug-likeness (QED) is 0.258. The number of carbonyl (C=O) groups is 3. The van der Waals surface area contributed by atoms with Gasteiger partial charge in [-0.05, 0) is 48.0 Å². The molecule has 214 valence electrons. The van der Waals surface area contributed by atoms with Gasteiger partial charge >= 0.3 is 11.0 Å². The number of aromatic nitrogens is 1. The summed E-state index contributed by atoms with van der Waals surface area (Å²) in [6, 6.07) is 19.9. The van der Waals surface area contributed by atoms with Gasteiger partial charge in [-0.2, -0.15) is 13.2 Å². The fourth-order valence-electron chi connectivity index (χ4n) is 5.26. The molecule has 13 heteroatoms. The van der Waals surface area contributed by atoms with Gasteiger partial charge in [0.1, 0.15) is 11.8 Å². The van der Waals surface area contributed by atoms with Gasteiger partial charge in [0, 0.05) is 21.0 Å². The monoisotopic (exact) mass is 673 g/mol. The van der Waals surface area contributed by atoms with Crippen LogP contribution in [0.1, 0.15) is 21.9 Å². The molecule has 1 aromatic heterocycles. The van der Waals surface area contributed by atoms with Gasteiger partial charge in [0.2, 0.25) is 17.7 Å². The van der Waals surface area contributed by atoms with E-state index < -0.39 is 51.4 Å². The van der Waals surface area contributed by atoms with E-state index in [0.29, 0.717) is 25.6 Å². The third-order valence-corrected chi connectivity index (χ3v) is 10.1. The Morgan fingerprint density at radius 2 is 1.67 bits per heavy atom. The number of para-hydroxylation sites is 1. The van der Waals surface area contributed by atoms with Crippen molar-refractivity contribution >= 4 is 68.1 Å². The number of halogens is 4. The predicted molar refractivity (Wildman–Crippen MR) is 157 cm³/mol. The second-order valence-corrected chi connectivity index (χ2v) is 12.7. The van der Waals surface area contributed by atoms with Crippen molar-refractivity contribution in [2.75, 3.05) is 10.2 Å². The smallest absolute Gasteiger partial charge is 0.325 e. The van der Waals surface area contributed by atoms with Crippen LogP contribution in [0.2, 0.25) is 0 Å². The van der Waals surface area contributed by atoms with Crippen molar-refractivity contribution in [3.05, 3.63) is 109 Å². The van der Waals surface area contributed by atoms with Gasteiger partial charge in [0.05, 0.1) is 22.2 Å². The average molecular weight is 675 g/mol. The molecule has 0 aliphatic carbocycles. The van der Waals surface area contributed by atoms with Crippen LogP contribution >= 0.6 is 39.0 Å². The molecule has 0 spiro atoms. The van der Waals surface area contributed by atoms with Crippen molar-refractivity contribution < 1.29 is 27.6 Å². The average Bonchev–Trinajstić information content (AvgIpc) is 3.39. The molecule has 3 atom stereocenters. The standard InChI is InChI=1S/C29H19BrF3N3O4S2/c30-17-8-4-6-15(12-17)21-22-23(26(39)36(25(22)38)19-11-5-7-16(13-19)29(31,32)33)41-27-24(21)42-28(40)35(27)14-20(37)34-18-9-2-1-3-10-18/h1-13,21-23H,14H2,(H,34,37)/t21-,22?,23?/m1/s1. The molecule has 4 aromatic rings. The SMILES string of the molecule is O=C(Cn1c2c(sc1=O)[C@H](c1cccc(Br)c1)C1C(=O)N(c3cccc(C(F)(F)F)c3)C(=O)C1S2)Nc1ccccc1. The summed E-state index contributed by atoms with van der Waals surface area (Å²) in [6.45, 7) is -0.325. The van der Waals surface area contributed by atoms with Crippen LogP contribution < -0.4 is 15.1 Å². The maximum atomic E-state index is 13.9. The summed E-state index contributed by atoms with van der Waals surface area (Å²) in [4.78, 5) is 54.7. The molecule has 3 amide bonds. The molecule has 0 saturated carbocycles. The maximum Gasteiger partial charge on any atom is 0.416 e. The zero-order chi connectivity index (χ0) is 29.8. The van der Waals surface area contributed by atoms with E-state index >= 15 is 0 Å². The van der Waals surface area contributed by atoms with Gasteiger partial charge in [-0.3, -0.25) is 23.7 Å². The van der Waals surface area contributed by atoms with Gasteiger partial charge in [-0.15, -0.1) is 0 Å². The zero-order valence-electron chi connectivity index (χ0n) is 21.3. The highest BCUT2D eigenvalue weighted by atomic mass is 79.9. The largest absolute Gasteiger partial charge is 0.416 e. The molecule has 3 aromatic carbocycles. The number of nitrogens with zero attached hydrogens (tertiary/aromatic N) is 2. The lowest BCUT2D eigenvalue weighted by atomic mass is 9.83. The first kappa shape index (κ1) is 28.4. The van der Waals surface area contributed by atoms with E-state index in [1.54, 1.807) is 54.6 Å². The van der Waals surface area contributed by atoms with Crippen molar-refractivity contribution in [1.29, 1.82) is 0 Å². The van der Waals surface area contributed by atoms with E-state index in [1.165, 1.54) is 10.6 Å². The molecule has 2 aliphatic rings. The summed E-state index contributed by atoms with van der Waals surface area (Å²) in [7, 11) is 0. The molecule has 1 saturated heterocycles. The molecule has 2 aliphatic heterocycles. The summed E-state index contributed by atoms with van der Waals surface area (Å²) in [5, 5.41) is 2.10. The van der Waals surface area contributed by atoms with Crippen LogP contribution in [0.3, 0.4) is 0 Å². The Balaban J connectivity index is 1.42. The van der Waals surface area contributed by atoms with Crippen LogP contribution in [0, 0.1) is 5.92 Å². The number of hydrogen-bond donors (Lipinski definition) is 1. The summed E-state index contributed by atoms with van der Waals surface area (Å²) in [5.41, 5.74) is 0.0395. The van der Waals surface area contributed by atoms with Crippen LogP contribution in [0.25, 0.3) is 0 Å². The molecule has 42 heavy (non-hydrogen) atoms. The minimum Gasteiger partial charge on any atom is -0.325 e. The number of hydrogen-bond acceptors (Lipinski definition) is 6. The Labute approximate surface area is 253 Å². The highest BCUT2D eigenvalue weighted by molar-refractivity contribution is 9.10. The molecule has 2 unspecified atom stereocenters. The van der Waals surface area contributed by atoms with Gasteiger partial charge in [0.25, 0.3) is 0 Å². The third kappa shape index (κ3) is 5.09. The minimum absolute atomic E-state index is 0.175. The molecular formula is C29H19BrF3N3O4S2. The number of rotatable bonds is 5. The molecule has 0 bridgehead atoms. The molecule has 7 nitrogen and oxygen atoms in total. The number of thioether (sulfide) groups is 1. The Bertz CT molecular complexity index is 1790. The number of nitrogens with one attached hydrogen (secondary N) is 1. The Morgan fingerprint density at radius 1 is 0.929 bits per heavy atom. The number of imide groups is 1. The van der Waals surface area contributed by atoms with Gasteiger partial charge < -0.3 is 5.32 Å². The number of carbonyl (C=O) groups excluding carboxylic acids is 3. The minimum atomic E-state index is -4.66. The first-order chi connectivity index (χ1) is 20.0. The number of amides is 3. The number of thiazole rings is 1. The number of fused-ring (bicyclic) bond motifs is 2. The lowest BCUT2D eigenvalue weighted by Crippen LogP contribution is -2.33. The van der Waals surface area contributed by atoms with Crippen LogP contribution in [-0.4, -0.2) is 27.5 Å². The lowest BCUT2D eigenvalue weighted by molar-refractivity contribution is -0.137. The first-order valence-electron chi connectivity index (χ1n) is 12.6. The second-order valence-electron chi connectivity index (χ2n) is 9.69. The fraction of sp³-hybridized carbons (Fsp3) is 0.172. The summed E-state index contributed by atoms with van der Waals surface area (Å²) in [5.74, 6) is -3.51. The van der Waals surface area contributed by atoms with Crippen molar-refractivity contribution in [1.82, 2.24) is 4.57 Å². The van der Waals surface area contributed by atoms with Crippen LogP contribution in [0.4, 0.5) is 24.5 Å². The van der Waals surface area contributed by atoms with Crippen molar-refractivity contribution in [2.24, 2.45) is 5.92 Å². The zero-order valence-corrected chi connectivity index (χ0v) is 24.5. The van der Waals surface area contributed by atoms with E-state index in [0.717, 1.165) is 46.2 Å². The number of alkyl halides is 3. The second kappa shape index (κ2) is 10.9. The van der Waals surface area contributed by atoms with E-state index in [1.807, 2.05) is 0 Å². The van der Waals surface area contributed by atoms with E-state index in [-0.39, 0.29) is 12.2 Å². The Hall–Kier alpha value is -3.68. The van der Waals surface area contributed by atoms with Gasteiger partial charge in [-0.25, -0.2) is 4.90 Å². The fourth-order valence-corrected chi connectivity index (χ4v) is 8.45. The number of anilines is 2. The maximum absolute atomic E-state index is 13.9. The van der Waals surface area contributed by atoms with Crippen molar-refractivity contribution in [3.8, 4) is 0 Å². The molecular weight excluding hydrogens is 655 g/mol. The lowest BCUT2D eigenvalue weighted by Gasteiger charge is -2.30. The van der Waals surface area contributed by atoms with E-state index in [9.17, 15) is 32.3 Å². The molecule has 0 radical (unpaired) electrons. The molecule has 1 N–H and O–H groups in total. The molecule has 6 rings (SSSR count). The van der Waals surface area contributed by atoms with Crippen LogP contribution in [-0.2, 0) is 27.1 Å². The molecule has 1 fully saturated rings. The van der Waals surface area contributed by atoms with Crippen molar-refractivity contribution in [2.45, 2.75) is 28.9 Å². The summed E-state index contributed by atoms with van der Waals surface area (Å²) < 4.78 is 42.4. The number of benzene rings is 3. The summed E-state index contributed by atoms with van der Waals surface area (Å²) in [6.07, 6.45) is -4.66. The topological polar surface area (TPSA) is 88.5 Å². The van der Waals surface area contributed by atoms with Crippen molar-refractivity contribution in [3.63, 3.8) is 0 Å². The van der Waals surface area contributed by atoms with E-state index in [2.05, 4.69) is 21.2 Å². The molecule has 3 heterocycles. The summed E-state index contributed by atoms with van der Waals surface area (Å²) >= 11 is 5.32. The third-order valence-electron chi connectivity index (χ3n) is 7.05. The van der Waals surface area contributed by atoms with E-state index in [4.69, 9.17) is 0 Å². The van der Waals surface area contributed by atoms with Crippen LogP contribution in [0.15, 0.2) is 93.2 Å². The van der Waals surface area contributed by atoms with Crippen LogP contribution in [0.5, 0.6) is 0 Å². The highest BCUT2D eigenvalue weighted by Crippen LogP contribution is 2.54. The van der Waals surface area contributed by atoms with Gasteiger partial charge in [0.15, 0.2) is 0 Å². The first-order valence-corrected chi connectivity index (χ1v) is 15.1. The Kier molecular flexibility index (Phi) is 7.36. The normalized spacial score (nSPS) is 19.9. The van der Waals surface area contributed by atoms with Gasteiger partial charge in [-0.1, -0.05) is 75.4 Å².